The Morgan fingerprint density at radius 3 is 2.45 bits per heavy atom. The summed E-state index contributed by atoms with van der Waals surface area (Å²) in [5.74, 6) is -0.501. The molecule has 0 spiro atoms. The zero-order valence-electron chi connectivity index (χ0n) is 22.0. The number of hydrogen-bond acceptors (Lipinski definition) is 5. The summed E-state index contributed by atoms with van der Waals surface area (Å²) < 4.78 is 11.0. The Hall–Kier alpha value is -3.85. The molecule has 2 saturated heterocycles. The molecule has 2 aromatic carbocycles. The summed E-state index contributed by atoms with van der Waals surface area (Å²) in [6.07, 6.45) is 0.161. The van der Waals surface area contributed by atoms with Crippen LogP contribution in [0.25, 0.3) is 10.9 Å². The smallest absolute Gasteiger partial charge is 0.410 e. The van der Waals surface area contributed by atoms with Crippen LogP contribution in [0.4, 0.5) is 10.5 Å². The van der Waals surface area contributed by atoms with Crippen molar-refractivity contribution >= 4 is 34.5 Å². The van der Waals surface area contributed by atoms with E-state index < -0.39 is 17.7 Å². The molecule has 0 radical (unpaired) electrons. The molecular formula is C29H34N4O5. The molecule has 0 unspecified atom stereocenters. The van der Waals surface area contributed by atoms with Crippen molar-refractivity contribution in [3.8, 4) is 0 Å². The number of carbonyl (C=O) groups is 3. The molecule has 1 aromatic heterocycles. The fraction of sp³-hybridized carbons (Fsp3) is 0.414. The van der Waals surface area contributed by atoms with Crippen molar-refractivity contribution in [2.45, 2.75) is 44.8 Å². The van der Waals surface area contributed by atoms with Gasteiger partial charge in [0.05, 0.1) is 13.2 Å². The van der Waals surface area contributed by atoms with Crippen LogP contribution in [0.3, 0.4) is 0 Å². The van der Waals surface area contributed by atoms with E-state index in [-0.39, 0.29) is 17.7 Å². The number of ether oxygens (including phenoxy) is 2. The lowest BCUT2D eigenvalue weighted by atomic mass is 9.91. The highest BCUT2D eigenvalue weighted by Gasteiger charge is 2.44. The van der Waals surface area contributed by atoms with Gasteiger partial charge in [0.15, 0.2) is 0 Å². The molecule has 0 bridgehead atoms. The van der Waals surface area contributed by atoms with Crippen molar-refractivity contribution in [1.82, 2.24) is 14.8 Å². The first-order chi connectivity index (χ1) is 18.2. The van der Waals surface area contributed by atoms with Gasteiger partial charge in [-0.1, -0.05) is 30.3 Å². The zero-order valence-corrected chi connectivity index (χ0v) is 22.0. The van der Waals surface area contributed by atoms with Crippen LogP contribution in [0, 0.1) is 0 Å². The van der Waals surface area contributed by atoms with E-state index in [1.54, 1.807) is 17.0 Å². The van der Waals surface area contributed by atoms with Crippen LogP contribution < -0.4 is 5.32 Å². The third-order valence-electron chi connectivity index (χ3n) is 6.94. The van der Waals surface area contributed by atoms with E-state index in [9.17, 15) is 14.4 Å². The Balaban J connectivity index is 1.37. The van der Waals surface area contributed by atoms with Crippen molar-refractivity contribution < 1.29 is 23.9 Å². The van der Waals surface area contributed by atoms with Crippen LogP contribution in [0.15, 0.2) is 54.6 Å². The molecule has 200 valence electrons. The molecule has 3 amide bonds. The van der Waals surface area contributed by atoms with E-state index in [4.69, 9.17) is 9.47 Å². The Morgan fingerprint density at radius 1 is 1.00 bits per heavy atom. The molecule has 5 rings (SSSR count). The third-order valence-corrected chi connectivity index (χ3v) is 6.94. The summed E-state index contributed by atoms with van der Waals surface area (Å²) in [5, 5.41) is 3.83. The number of nitrogens with one attached hydrogen (secondary N) is 2. The number of carbonyl (C=O) groups excluding carboxylic acids is 3. The Morgan fingerprint density at radius 2 is 1.74 bits per heavy atom. The largest absolute Gasteiger partial charge is 0.444 e. The maximum atomic E-state index is 13.7. The molecular weight excluding hydrogens is 484 g/mol. The molecule has 2 atom stereocenters. The predicted molar refractivity (Wildman–Crippen MR) is 144 cm³/mol. The first-order valence-corrected chi connectivity index (χ1v) is 13.0. The number of rotatable bonds is 4. The summed E-state index contributed by atoms with van der Waals surface area (Å²) in [7, 11) is 0. The number of hydrogen-bond donors (Lipinski definition) is 2. The SMILES string of the molecule is CC(C)(C)OC(=O)N1CC[C@@H](c2ccccc2)[C@@H]1C(=O)Nc1ccc2[nH]c(C(=O)N3CCOCC3)cc2c1. The van der Waals surface area contributed by atoms with Crippen LogP contribution in [-0.4, -0.2) is 77.2 Å². The summed E-state index contributed by atoms with van der Waals surface area (Å²) in [5.41, 5.74) is 2.23. The molecule has 0 aliphatic carbocycles. The Bertz CT molecular complexity index is 1320. The lowest BCUT2D eigenvalue weighted by molar-refractivity contribution is -0.120. The maximum absolute atomic E-state index is 13.7. The summed E-state index contributed by atoms with van der Waals surface area (Å²) in [6, 6.07) is 16.4. The summed E-state index contributed by atoms with van der Waals surface area (Å²) in [6.45, 7) is 8.07. The highest BCUT2D eigenvalue weighted by atomic mass is 16.6. The normalized spacial score (nSPS) is 20.0. The third kappa shape index (κ3) is 5.52. The molecule has 2 aliphatic rings. The minimum Gasteiger partial charge on any atom is -0.444 e. The van der Waals surface area contributed by atoms with Crippen LogP contribution >= 0.6 is 0 Å². The van der Waals surface area contributed by atoms with Crippen LogP contribution in [-0.2, 0) is 14.3 Å². The van der Waals surface area contributed by atoms with Crippen molar-refractivity contribution in [1.29, 1.82) is 0 Å². The molecule has 0 saturated carbocycles. The second kappa shape index (κ2) is 10.5. The van der Waals surface area contributed by atoms with E-state index in [0.29, 0.717) is 50.7 Å². The second-order valence-electron chi connectivity index (χ2n) is 10.8. The lowest BCUT2D eigenvalue weighted by Crippen LogP contribution is -2.47. The van der Waals surface area contributed by atoms with Gasteiger partial charge < -0.3 is 24.7 Å². The van der Waals surface area contributed by atoms with Gasteiger partial charge in [-0.05, 0) is 57.0 Å². The van der Waals surface area contributed by atoms with E-state index in [1.807, 2.05) is 63.2 Å². The quantitative estimate of drug-likeness (QED) is 0.534. The number of nitrogens with zero attached hydrogens (tertiary/aromatic N) is 2. The number of amides is 3. The molecule has 9 heteroatoms. The topological polar surface area (TPSA) is 104 Å². The predicted octanol–water partition coefficient (Wildman–Crippen LogP) is 4.37. The number of likely N-dealkylation sites (tertiary alicyclic amines) is 1. The van der Waals surface area contributed by atoms with Gasteiger partial charge in [-0.25, -0.2) is 4.79 Å². The van der Waals surface area contributed by atoms with Crippen LogP contribution in [0.1, 0.15) is 49.2 Å². The highest BCUT2D eigenvalue weighted by molar-refractivity contribution is 6.01. The fourth-order valence-electron chi connectivity index (χ4n) is 5.17. The zero-order chi connectivity index (χ0) is 26.9. The van der Waals surface area contributed by atoms with Crippen molar-refractivity contribution in [2.75, 3.05) is 38.2 Å². The lowest BCUT2D eigenvalue weighted by Gasteiger charge is -2.30. The van der Waals surface area contributed by atoms with E-state index in [1.165, 1.54) is 4.90 Å². The van der Waals surface area contributed by atoms with Gasteiger partial charge in [0.1, 0.15) is 17.3 Å². The van der Waals surface area contributed by atoms with E-state index >= 15 is 0 Å². The number of aromatic amines is 1. The van der Waals surface area contributed by atoms with Gasteiger partial charge in [0.25, 0.3) is 5.91 Å². The average molecular weight is 519 g/mol. The monoisotopic (exact) mass is 518 g/mol. The number of H-pyrrole nitrogens is 1. The summed E-state index contributed by atoms with van der Waals surface area (Å²) >= 11 is 0. The molecule has 3 heterocycles. The highest BCUT2D eigenvalue weighted by Crippen LogP contribution is 2.35. The van der Waals surface area contributed by atoms with Gasteiger partial charge in [-0.3, -0.25) is 14.5 Å². The van der Waals surface area contributed by atoms with Crippen LogP contribution in [0.5, 0.6) is 0 Å². The number of fused-ring (bicyclic) bond motifs is 1. The van der Waals surface area contributed by atoms with E-state index in [0.717, 1.165) is 16.5 Å². The molecule has 38 heavy (non-hydrogen) atoms. The van der Waals surface area contributed by atoms with Crippen molar-refractivity contribution in [3.05, 3.63) is 65.9 Å². The first-order valence-electron chi connectivity index (χ1n) is 13.0. The molecule has 3 aromatic rings. The average Bonchev–Trinajstić information content (AvgIpc) is 3.53. The van der Waals surface area contributed by atoms with Crippen LogP contribution in [0.2, 0.25) is 0 Å². The van der Waals surface area contributed by atoms with Gasteiger partial charge in [-0.15, -0.1) is 0 Å². The summed E-state index contributed by atoms with van der Waals surface area (Å²) in [4.78, 5) is 46.1. The van der Waals surface area contributed by atoms with Gasteiger partial charge in [-0.2, -0.15) is 0 Å². The first kappa shape index (κ1) is 25.8. The van der Waals surface area contributed by atoms with Gasteiger partial charge in [0.2, 0.25) is 5.91 Å². The molecule has 9 nitrogen and oxygen atoms in total. The fourth-order valence-corrected chi connectivity index (χ4v) is 5.17. The minimum atomic E-state index is -0.715. The number of aromatic nitrogens is 1. The number of anilines is 1. The van der Waals surface area contributed by atoms with Crippen molar-refractivity contribution in [3.63, 3.8) is 0 Å². The standard InChI is InChI=1S/C29H34N4O5/c1-29(2,3)38-28(36)33-12-11-22(19-7-5-4-6-8-19)25(33)26(34)30-21-9-10-23-20(17-21)18-24(31-23)27(35)32-13-15-37-16-14-32/h4-10,17-18,22,25,31H,11-16H2,1-3H3,(H,30,34)/t22-,25+/m0/s1. The maximum Gasteiger partial charge on any atom is 0.410 e. The number of benzene rings is 2. The van der Waals surface area contributed by atoms with Gasteiger partial charge >= 0.3 is 6.09 Å². The second-order valence-corrected chi connectivity index (χ2v) is 10.8. The van der Waals surface area contributed by atoms with E-state index in [2.05, 4.69) is 10.3 Å². The van der Waals surface area contributed by atoms with Gasteiger partial charge in [0, 0.05) is 42.1 Å². The Kier molecular flexibility index (Phi) is 7.12. The molecule has 2 N–H and O–H groups in total. The van der Waals surface area contributed by atoms with Crippen molar-refractivity contribution in [2.24, 2.45) is 0 Å². The molecule has 2 fully saturated rings. The Labute approximate surface area is 222 Å². The number of morpholine rings is 1. The molecule has 2 aliphatic heterocycles. The minimum absolute atomic E-state index is 0.0697.